The van der Waals surface area contributed by atoms with Crippen molar-refractivity contribution in [1.29, 1.82) is 0 Å². The van der Waals surface area contributed by atoms with Crippen LogP contribution in [0.3, 0.4) is 0 Å². The Hall–Kier alpha value is -2.02. The maximum absolute atomic E-state index is 10.9. The summed E-state index contributed by atoms with van der Waals surface area (Å²) < 4.78 is 1.38. The second-order valence-corrected chi connectivity index (χ2v) is 4.10. The van der Waals surface area contributed by atoms with Crippen LogP contribution in [0.15, 0.2) is 35.4 Å². The zero-order chi connectivity index (χ0) is 12.4. The largest absolute Gasteiger partial charge is 0.383 e. The normalized spacial score (nSPS) is 10.4. The first-order valence-electron chi connectivity index (χ1n) is 4.76. The van der Waals surface area contributed by atoms with Crippen molar-refractivity contribution in [1.82, 2.24) is 9.78 Å². The van der Waals surface area contributed by atoms with Crippen LogP contribution in [-0.2, 0) is 0 Å². The van der Waals surface area contributed by atoms with Gasteiger partial charge in [0.15, 0.2) is 0 Å². The monoisotopic (exact) mass is 250 g/mol. The number of nitrogens with zero attached hydrogens (tertiary/aromatic N) is 3. The molecule has 88 valence electrons. The lowest BCUT2D eigenvalue weighted by Crippen LogP contribution is -2.05. The number of anilines is 1. The Kier molecular flexibility index (Phi) is 3.01. The number of aromatic nitrogens is 2. The third-order valence-electron chi connectivity index (χ3n) is 2.30. The smallest absolute Gasteiger partial charge is 0.294 e. The van der Waals surface area contributed by atoms with Gasteiger partial charge < -0.3 is 5.73 Å². The minimum absolute atomic E-state index is 0.0186. The van der Waals surface area contributed by atoms with Crippen LogP contribution in [0, 0.1) is 10.1 Å². The number of nitro benzene ring substituents is 1. The average molecular weight is 250 g/mol. The van der Waals surface area contributed by atoms with Crippen molar-refractivity contribution in [2.24, 2.45) is 0 Å². The Balaban J connectivity index is 2.60. The van der Waals surface area contributed by atoms with Crippen LogP contribution in [0.4, 0.5) is 11.5 Å². The van der Waals surface area contributed by atoms with Gasteiger partial charge >= 0.3 is 0 Å². The van der Waals surface area contributed by atoms with E-state index in [-0.39, 0.29) is 5.69 Å². The summed E-state index contributed by atoms with van der Waals surface area (Å²) in [6.07, 6.45) is 3.47. The highest BCUT2D eigenvalue weighted by atomic mass is 32.2. The zero-order valence-corrected chi connectivity index (χ0v) is 9.85. The molecule has 0 atom stereocenters. The molecule has 0 saturated carbocycles. The first-order chi connectivity index (χ1) is 8.15. The summed E-state index contributed by atoms with van der Waals surface area (Å²) in [7, 11) is 0. The lowest BCUT2D eigenvalue weighted by atomic mass is 10.3. The summed E-state index contributed by atoms with van der Waals surface area (Å²) in [6.45, 7) is 0. The molecule has 1 aromatic heterocycles. The lowest BCUT2D eigenvalue weighted by molar-refractivity contribution is -0.384. The predicted octanol–water partition coefficient (Wildman–Crippen LogP) is 2.08. The number of nitrogens with two attached hydrogens (primary N) is 1. The molecule has 17 heavy (non-hydrogen) atoms. The highest BCUT2D eigenvalue weighted by Crippen LogP contribution is 2.28. The molecule has 7 heteroatoms. The van der Waals surface area contributed by atoms with Gasteiger partial charge in [0.1, 0.15) is 11.5 Å². The molecule has 0 radical (unpaired) electrons. The molecule has 0 unspecified atom stereocenters. The van der Waals surface area contributed by atoms with Gasteiger partial charge in [0.05, 0.1) is 16.0 Å². The van der Waals surface area contributed by atoms with Crippen molar-refractivity contribution in [3.8, 4) is 5.69 Å². The Morgan fingerprint density at radius 2 is 2.18 bits per heavy atom. The van der Waals surface area contributed by atoms with Crippen LogP contribution >= 0.6 is 11.8 Å². The van der Waals surface area contributed by atoms with Crippen molar-refractivity contribution in [2.75, 3.05) is 12.0 Å². The molecular weight excluding hydrogens is 240 g/mol. The molecule has 0 fully saturated rings. The molecule has 0 amide bonds. The van der Waals surface area contributed by atoms with Gasteiger partial charge in [-0.15, -0.1) is 11.8 Å². The fourth-order valence-electron chi connectivity index (χ4n) is 1.49. The molecule has 0 aliphatic heterocycles. The van der Waals surface area contributed by atoms with Crippen LogP contribution in [0.1, 0.15) is 0 Å². The van der Waals surface area contributed by atoms with Crippen molar-refractivity contribution >= 4 is 23.3 Å². The second-order valence-electron chi connectivity index (χ2n) is 3.26. The van der Waals surface area contributed by atoms with Gasteiger partial charge in [0, 0.05) is 6.07 Å². The highest BCUT2D eigenvalue weighted by Gasteiger charge is 2.17. The van der Waals surface area contributed by atoms with Gasteiger partial charge in [-0.05, 0) is 12.3 Å². The first kappa shape index (κ1) is 11.5. The van der Waals surface area contributed by atoms with Gasteiger partial charge in [-0.25, -0.2) is 4.68 Å². The molecule has 0 aliphatic carbocycles. The van der Waals surface area contributed by atoms with E-state index in [1.165, 1.54) is 22.5 Å². The van der Waals surface area contributed by atoms with Crippen LogP contribution < -0.4 is 5.73 Å². The zero-order valence-electron chi connectivity index (χ0n) is 9.03. The van der Waals surface area contributed by atoms with Crippen molar-refractivity contribution in [2.45, 2.75) is 4.90 Å². The molecule has 0 spiro atoms. The van der Waals surface area contributed by atoms with Crippen LogP contribution in [0.25, 0.3) is 5.69 Å². The van der Waals surface area contributed by atoms with Crippen LogP contribution in [0.5, 0.6) is 0 Å². The van der Waals surface area contributed by atoms with E-state index in [9.17, 15) is 10.1 Å². The maximum atomic E-state index is 10.9. The summed E-state index contributed by atoms with van der Waals surface area (Å²) in [6, 6.07) is 6.36. The Labute approximate surface area is 102 Å². The van der Waals surface area contributed by atoms with E-state index < -0.39 is 4.92 Å². The number of hydrogen-bond donors (Lipinski definition) is 1. The van der Waals surface area contributed by atoms with E-state index in [0.29, 0.717) is 11.5 Å². The van der Waals surface area contributed by atoms with Crippen molar-refractivity contribution in [3.63, 3.8) is 0 Å². The van der Waals surface area contributed by atoms with E-state index >= 15 is 0 Å². The fraction of sp³-hybridized carbons (Fsp3) is 0.100. The maximum Gasteiger partial charge on any atom is 0.294 e. The van der Waals surface area contributed by atoms with E-state index in [4.69, 9.17) is 5.73 Å². The van der Waals surface area contributed by atoms with Crippen molar-refractivity contribution < 1.29 is 4.92 Å². The molecule has 2 aromatic rings. The summed E-state index contributed by atoms with van der Waals surface area (Å²) in [4.78, 5) is 11.2. The molecule has 2 N–H and O–H groups in total. The Morgan fingerprint density at radius 1 is 1.47 bits per heavy atom. The van der Waals surface area contributed by atoms with E-state index in [1.807, 2.05) is 6.26 Å². The van der Waals surface area contributed by atoms with Gasteiger partial charge in [-0.3, -0.25) is 10.1 Å². The molecule has 2 rings (SSSR count). The average Bonchev–Trinajstić information content (AvgIpc) is 2.70. The summed E-state index contributed by atoms with van der Waals surface area (Å²) in [5.74, 6) is 0.409. The SMILES string of the molecule is CSc1cnn(-c2ccccc2[N+](=O)[O-])c1N. The quantitative estimate of drug-likeness (QED) is 0.512. The number of rotatable bonds is 3. The molecule has 0 aliphatic rings. The number of benzene rings is 1. The summed E-state index contributed by atoms with van der Waals surface area (Å²) in [5.41, 5.74) is 6.22. The van der Waals surface area contributed by atoms with Crippen LogP contribution in [0.2, 0.25) is 0 Å². The number of nitro groups is 1. The number of thioether (sulfide) groups is 1. The van der Waals surface area contributed by atoms with Gasteiger partial charge in [-0.1, -0.05) is 12.1 Å². The first-order valence-corrected chi connectivity index (χ1v) is 5.99. The Morgan fingerprint density at radius 3 is 2.76 bits per heavy atom. The van der Waals surface area contributed by atoms with Gasteiger partial charge in [-0.2, -0.15) is 5.10 Å². The van der Waals surface area contributed by atoms with Crippen molar-refractivity contribution in [3.05, 3.63) is 40.6 Å². The minimum atomic E-state index is -0.449. The highest BCUT2D eigenvalue weighted by molar-refractivity contribution is 7.98. The number of nitrogen functional groups attached to an aromatic ring is 1. The molecule has 6 nitrogen and oxygen atoms in total. The number of para-hydroxylation sites is 2. The third kappa shape index (κ3) is 1.96. The molecule has 1 aromatic carbocycles. The molecular formula is C10H10N4O2S. The van der Waals surface area contributed by atoms with Gasteiger partial charge in [0.25, 0.3) is 5.69 Å². The van der Waals surface area contributed by atoms with E-state index in [1.54, 1.807) is 24.4 Å². The molecule has 0 bridgehead atoms. The fourth-order valence-corrected chi connectivity index (χ4v) is 1.94. The second kappa shape index (κ2) is 4.46. The summed E-state index contributed by atoms with van der Waals surface area (Å²) >= 11 is 1.45. The number of hydrogen-bond acceptors (Lipinski definition) is 5. The van der Waals surface area contributed by atoms with Crippen LogP contribution in [-0.4, -0.2) is 21.0 Å². The van der Waals surface area contributed by atoms with Gasteiger partial charge in [0.2, 0.25) is 0 Å². The topological polar surface area (TPSA) is 87.0 Å². The standard InChI is InChI=1S/C10H10N4O2S/c1-17-9-6-12-13(10(9)11)7-4-2-3-5-8(7)14(15)16/h2-6H,11H2,1H3. The third-order valence-corrected chi connectivity index (χ3v) is 3.05. The Bertz CT molecular complexity index is 567. The van der Waals surface area contributed by atoms with E-state index in [2.05, 4.69) is 5.10 Å². The predicted molar refractivity (Wildman–Crippen MR) is 66.4 cm³/mol. The minimum Gasteiger partial charge on any atom is -0.383 e. The molecule has 1 heterocycles. The molecule has 0 saturated heterocycles. The summed E-state index contributed by atoms with van der Waals surface area (Å²) in [5, 5.41) is 15.0. The van der Waals surface area contributed by atoms with E-state index in [0.717, 1.165) is 4.90 Å². The lowest BCUT2D eigenvalue weighted by Gasteiger charge is -2.04.